The molecule has 0 saturated carbocycles. The van der Waals surface area contributed by atoms with E-state index < -0.39 is 12.1 Å². The molecule has 3 aromatic rings. The maximum absolute atomic E-state index is 12.5. The molecule has 0 bridgehead atoms. The highest BCUT2D eigenvalue weighted by atomic mass is 16.5. The standard InChI is InChI=1S/C25H25NO4/c27-22(18-26-17-20-10-5-2-6-11-20)16-24(28)21-12-7-13-23(15-21)30-25(29)14-19-8-3-1-4-9-19/h1-13,15,22,26-27H,14,16-18H2. The van der Waals surface area contributed by atoms with Crippen LogP contribution in [0.3, 0.4) is 0 Å². The van der Waals surface area contributed by atoms with Crippen molar-refractivity contribution in [1.82, 2.24) is 5.32 Å². The number of rotatable bonds is 10. The van der Waals surface area contributed by atoms with Gasteiger partial charge in [0, 0.05) is 25.1 Å². The summed E-state index contributed by atoms with van der Waals surface area (Å²) in [4.78, 5) is 24.6. The van der Waals surface area contributed by atoms with E-state index >= 15 is 0 Å². The maximum atomic E-state index is 12.5. The highest BCUT2D eigenvalue weighted by molar-refractivity contribution is 5.96. The van der Waals surface area contributed by atoms with Crippen molar-refractivity contribution in [2.24, 2.45) is 0 Å². The second-order valence-corrected chi connectivity index (χ2v) is 7.06. The molecule has 3 rings (SSSR count). The number of ketones is 1. The molecule has 0 aliphatic carbocycles. The fraction of sp³-hybridized carbons (Fsp3) is 0.200. The summed E-state index contributed by atoms with van der Waals surface area (Å²) >= 11 is 0. The monoisotopic (exact) mass is 403 g/mol. The van der Waals surface area contributed by atoms with E-state index in [2.05, 4.69) is 5.32 Å². The van der Waals surface area contributed by atoms with Gasteiger partial charge in [-0.1, -0.05) is 72.8 Å². The average Bonchev–Trinajstić information content (AvgIpc) is 2.75. The summed E-state index contributed by atoms with van der Waals surface area (Å²) < 4.78 is 5.36. The summed E-state index contributed by atoms with van der Waals surface area (Å²) in [5, 5.41) is 13.3. The van der Waals surface area contributed by atoms with Gasteiger partial charge in [0.1, 0.15) is 5.75 Å². The zero-order chi connectivity index (χ0) is 21.2. The number of benzene rings is 3. The van der Waals surface area contributed by atoms with Crippen LogP contribution in [0.2, 0.25) is 0 Å². The van der Waals surface area contributed by atoms with Crippen LogP contribution in [-0.2, 0) is 17.8 Å². The van der Waals surface area contributed by atoms with Crippen LogP contribution < -0.4 is 10.1 Å². The van der Waals surface area contributed by atoms with Crippen LogP contribution in [-0.4, -0.2) is 29.5 Å². The maximum Gasteiger partial charge on any atom is 0.315 e. The minimum Gasteiger partial charge on any atom is -0.426 e. The molecule has 0 spiro atoms. The lowest BCUT2D eigenvalue weighted by atomic mass is 10.0. The van der Waals surface area contributed by atoms with E-state index in [-0.39, 0.29) is 18.6 Å². The van der Waals surface area contributed by atoms with Gasteiger partial charge in [-0.25, -0.2) is 0 Å². The Morgan fingerprint density at radius 2 is 1.53 bits per heavy atom. The molecule has 0 aromatic heterocycles. The Kier molecular flexibility index (Phi) is 7.89. The highest BCUT2D eigenvalue weighted by Crippen LogP contribution is 2.16. The van der Waals surface area contributed by atoms with E-state index in [1.165, 1.54) is 6.07 Å². The predicted molar refractivity (Wildman–Crippen MR) is 115 cm³/mol. The number of esters is 1. The van der Waals surface area contributed by atoms with Crippen molar-refractivity contribution in [2.75, 3.05) is 6.54 Å². The van der Waals surface area contributed by atoms with Gasteiger partial charge < -0.3 is 15.2 Å². The number of carbonyl (C=O) groups is 2. The minimum absolute atomic E-state index is 0.0107. The highest BCUT2D eigenvalue weighted by Gasteiger charge is 2.14. The van der Waals surface area contributed by atoms with Crippen LogP contribution in [0.1, 0.15) is 27.9 Å². The first-order valence-electron chi connectivity index (χ1n) is 9.91. The number of hydrogen-bond donors (Lipinski definition) is 2. The first-order chi connectivity index (χ1) is 14.6. The molecular formula is C25H25NO4. The lowest BCUT2D eigenvalue weighted by Crippen LogP contribution is -2.28. The van der Waals surface area contributed by atoms with Gasteiger partial charge in [-0.2, -0.15) is 0 Å². The Morgan fingerprint density at radius 3 is 2.23 bits per heavy atom. The number of carbonyl (C=O) groups excluding carboxylic acids is 2. The third-order valence-electron chi connectivity index (χ3n) is 4.55. The fourth-order valence-corrected chi connectivity index (χ4v) is 3.05. The summed E-state index contributed by atoms with van der Waals surface area (Å²) in [7, 11) is 0. The predicted octanol–water partition coefficient (Wildman–Crippen LogP) is 3.56. The molecule has 0 aliphatic heterocycles. The van der Waals surface area contributed by atoms with Crippen molar-refractivity contribution in [3.63, 3.8) is 0 Å². The van der Waals surface area contributed by atoms with Gasteiger partial charge in [0.05, 0.1) is 12.5 Å². The van der Waals surface area contributed by atoms with Crippen LogP contribution in [0.25, 0.3) is 0 Å². The summed E-state index contributed by atoms with van der Waals surface area (Å²) in [6.45, 7) is 0.936. The number of Topliss-reactive ketones (excluding diaryl/α,β-unsaturated/α-hetero) is 1. The topological polar surface area (TPSA) is 75.6 Å². The second kappa shape index (κ2) is 11.0. The molecule has 0 amide bonds. The van der Waals surface area contributed by atoms with Crippen LogP contribution in [0.5, 0.6) is 5.75 Å². The van der Waals surface area contributed by atoms with Crippen LogP contribution in [0.15, 0.2) is 84.9 Å². The summed E-state index contributed by atoms with van der Waals surface area (Å²) in [5.74, 6) is -0.278. The van der Waals surface area contributed by atoms with E-state index in [1.54, 1.807) is 18.2 Å². The lowest BCUT2D eigenvalue weighted by molar-refractivity contribution is -0.133. The third-order valence-corrected chi connectivity index (χ3v) is 4.55. The van der Waals surface area contributed by atoms with Gasteiger partial charge in [-0.3, -0.25) is 9.59 Å². The van der Waals surface area contributed by atoms with E-state index in [1.807, 2.05) is 60.7 Å². The van der Waals surface area contributed by atoms with Crippen LogP contribution in [0.4, 0.5) is 0 Å². The number of hydrogen-bond acceptors (Lipinski definition) is 5. The molecule has 0 fully saturated rings. The Hall–Kier alpha value is -3.28. The van der Waals surface area contributed by atoms with Gasteiger partial charge in [-0.15, -0.1) is 0 Å². The smallest absolute Gasteiger partial charge is 0.315 e. The van der Waals surface area contributed by atoms with Gasteiger partial charge >= 0.3 is 5.97 Å². The summed E-state index contributed by atoms with van der Waals surface area (Å²) in [5.41, 5.74) is 2.38. The van der Waals surface area contributed by atoms with Gasteiger partial charge in [-0.05, 0) is 23.3 Å². The van der Waals surface area contributed by atoms with Gasteiger partial charge in [0.15, 0.2) is 5.78 Å². The molecule has 0 heterocycles. The van der Waals surface area contributed by atoms with Crippen molar-refractivity contribution >= 4 is 11.8 Å². The molecule has 154 valence electrons. The molecule has 0 aliphatic rings. The first-order valence-corrected chi connectivity index (χ1v) is 9.91. The van der Waals surface area contributed by atoms with E-state index in [9.17, 15) is 14.7 Å². The zero-order valence-electron chi connectivity index (χ0n) is 16.7. The van der Waals surface area contributed by atoms with Gasteiger partial charge in [0.2, 0.25) is 0 Å². The van der Waals surface area contributed by atoms with Crippen molar-refractivity contribution in [1.29, 1.82) is 0 Å². The molecule has 2 N–H and O–H groups in total. The molecule has 30 heavy (non-hydrogen) atoms. The Morgan fingerprint density at radius 1 is 0.867 bits per heavy atom. The Balaban J connectivity index is 1.48. The Labute approximate surface area is 176 Å². The molecular weight excluding hydrogens is 378 g/mol. The van der Waals surface area contributed by atoms with E-state index in [0.717, 1.165) is 11.1 Å². The molecule has 5 nitrogen and oxygen atoms in total. The largest absolute Gasteiger partial charge is 0.426 e. The van der Waals surface area contributed by atoms with Crippen molar-refractivity contribution in [3.8, 4) is 5.75 Å². The third kappa shape index (κ3) is 6.95. The summed E-state index contributed by atoms with van der Waals surface area (Å²) in [6, 6.07) is 25.7. The normalized spacial score (nSPS) is 11.6. The van der Waals surface area contributed by atoms with E-state index in [0.29, 0.717) is 24.4 Å². The number of aliphatic hydroxyl groups excluding tert-OH is 1. The van der Waals surface area contributed by atoms with Crippen molar-refractivity contribution in [2.45, 2.75) is 25.5 Å². The molecule has 5 heteroatoms. The SMILES string of the molecule is O=C(Cc1ccccc1)Oc1cccc(C(=O)CC(O)CNCc2ccccc2)c1. The molecule has 1 atom stereocenters. The van der Waals surface area contributed by atoms with Crippen molar-refractivity contribution in [3.05, 3.63) is 102 Å². The minimum atomic E-state index is -0.800. The zero-order valence-corrected chi connectivity index (χ0v) is 16.7. The molecule has 0 saturated heterocycles. The quantitative estimate of drug-likeness (QED) is 0.308. The fourth-order valence-electron chi connectivity index (χ4n) is 3.05. The first kappa shape index (κ1) is 21.4. The van der Waals surface area contributed by atoms with Crippen LogP contribution in [0, 0.1) is 0 Å². The van der Waals surface area contributed by atoms with Crippen molar-refractivity contribution < 1.29 is 19.4 Å². The van der Waals surface area contributed by atoms with Gasteiger partial charge in [0.25, 0.3) is 0 Å². The second-order valence-electron chi connectivity index (χ2n) is 7.06. The van der Waals surface area contributed by atoms with E-state index in [4.69, 9.17) is 4.74 Å². The average molecular weight is 403 g/mol. The molecule has 0 radical (unpaired) electrons. The number of nitrogens with one attached hydrogen (secondary N) is 1. The summed E-state index contributed by atoms with van der Waals surface area (Å²) in [6.07, 6.45) is -0.654. The Bertz CT molecular complexity index is 957. The number of aliphatic hydroxyl groups is 1. The number of ether oxygens (including phenoxy) is 1. The lowest BCUT2D eigenvalue weighted by Gasteiger charge is -2.12. The molecule has 1 unspecified atom stereocenters. The molecule has 3 aromatic carbocycles. The van der Waals surface area contributed by atoms with Crippen LogP contribution >= 0.6 is 0 Å².